The number of rotatable bonds is 5. The standard InChI is InChI=1S/C21H24N2O2/c1-22-14-16-8-7-13-23(15-16)21(25)19-12-6-5-11-18(19)20(24)17-9-3-2-4-10-17/h2-6,9-12,16,22H,7-8,13-15H2,1H3. The van der Waals surface area contributed by atoms with Crippen molar-refractivity contribution >= 4 is 11.7 Å². The molecule has 0 radical (unpaired) electrons. The van der Waals surface area contributed by atoms with Crippen LogP contribution in [-0.2, 0) is 0 Å². The van der Waals surface area contributed by atoms with Gasteiger partial charge < -0.3 is 10.2 Å². The molecule has 1 aliphatic heterocycles. The zero-order valence-electron chi connectivity index (χ0n) is 14.6. The molecule has 4 heteroatoms. The second-order valence-corrected chi connectivity index (χ2v) is 6.56. The van der Waals surface area contributed by atoms with Gasteiger partial charge in [-0.15, -0.1) is 0 Å². The number of amides is 1. The first kappa shape index (κ1) is 17.4. The molecule has 0 aliphatic carbocycles. The Morgan fingerprint density at radius 1 is 1.04 bits per heavy atom. The van der Waals surface area contributed by atoms with Gasteiger partial charge in [-0.3, -0.25) is 9.59 Å². The number of nitrogens with one attached hydrogen (secondary N) is 1. The molecule has 25 heavy (non-hydrogen) atoms. The lowest BCUT2D eigenvalue weighted by Gasteiger charge is -2.33. The van der Waals surface area contributed by atoms with Gasteiger partial charge in [-0.2, -0.15) is 0 Å². The summed E-state index contributed by atoms with van der Waals surface area (Å²) in [5, 5.41) is 3.20. The predicted molar refractivity (Wildman–Crippen MR) is 98.9 cm³/mol. The number of likely N-dealkylation sites (tertiary alicyclic amines) is 1. The van der Waals surface area contributed by atoms with Crippen LogP contribution in [0.25, 0.3) is 0 Å². The first-order chi connectivity index (χ1) is 12.2. The molecule has 2 aromatic carbocycles. The number of nitrogens with zero attached hydrogens (tertiary/aromatic N) is 1. The number of benzene rings is 2. The van der Waals surface area contributed by atoms with Gasteiger partial charge in [0.1, 0.15) is 0 Å². The Hall–Kier alpha value is -2.46. The van der Waals surface area contributed by atoms with Crippen LogP contribution >= 0.6 is 0 Å². The van der Waals surface area contributed by atoms with E-state index in [9.17, 15) is 9.59 Å². The normalized spacial score (nSPS) is 17.3. The Bertz CT molecular complexity index is 741. The Morgan fingerprint density at radius 2 is 1.72 bits per heavy atom. The highest BCUT2D eigenvalue weighted by molar-refractivity contribution is 6.15. The minimum absolute atomic E-state index is 0.0410. The molecule has 1 amide bonds. The van der Waals surface area contributed by atoms with E-state index in [4.69, 9.17) is 0 Å². The lowest BCUT2D eigenvalue weighted by Crippen LogP contribution is -2.42. The fraction of sp³-hybridized carbons (Fsp3) is 0.333. The summed E-state index contributed by atoms with van der Waals surface area (Å²) in [4.78, 5) is 27.8. The summed E-state index contributed by atoms with van der Waals surface area (Å²) < 4.78 is 0. The van der Waals surface area contributed by atoms with Gasteiger partial charge in [0.2, 0.25) is 0 Å². The fourth-order valence-corrected chi connectivity index (χ4v) is 3.49. The van der Waals surface area contributed by atoms with Crippen LogP contribution in [0.15, 0.2) is 54.6 Å². The third-order valence-electron chi connectivity index (χ3n) is 4.74. The number of ketones is 1. The smallest absolute Gasteiger partial charge is 0.254 e. The lowest BCUT2D eigenvalue weighted by molar-refractivity contribution is 0.0671. The Balaban J connectivity index is 1.85. The number of carbonyl (C=O) groups is 2. The van der Waals surface area contributed by atoms with Crippen molar-refractivity contribution in [2.75, 3.05) is 26.7 Å². The zero-order valence-corrected chi connectivity index (χ0v) is 14.6. The molecule has 1 fully saturated rings. The molecule has 1 unspecified atom stereocenters. The topological polar surface area (TPSA) is 49.4 Å². The van der Waals surface area contributed by atoms with Gasteiger partial charge in [0.25, 0.3) is 5.91 Å². The van der Waals surface area contributed by atoms with E-state index in [0.717, 1.165) is 32.5 Å². The van der Waals surface area contributed by atoms with Crippen molar-refractivity contribution in [3.63, 3.8) is 0 Å². The maximum absolute atomic E-state index is 13.1. The molecular weight excluding hydrogens is 312 g/mol. The summed E-state index contributed by atoms with van der Waals surface area (Å²) in [5.41, 5.74) is 1.59. The number of piperidine rings is 1. The van der Waals surface area contributed by atoms with E-state index in [0.29, 0.717) is 22.6 Å². The predicted octanol–water partition coefficient (Wildman–Crippen LogP) is 2.99. The minimum atomic E-state index is -0.103. The van der Waals surface area contributed by atoms with Crippen molar-refractivity contribution in [3.8, 4) is 0 Å². The van der Waals surface area contributed by atoms with E-state index < -0.39 is 0 Å². The third-order valence-corrected chi connectivity index (χ3v) is 4.74. The van der Waals surface area contributed by atoms with Crippen LogP contribution < -0.4 is 5.32 Å². The van der Waals surface area contributed by atoms with Crippen LogP contribution in [-0.4, -0.2) is 43.3 Å². The quantitative estimate of drug-likeness (QED) is 0.854. The van der Waals surface area contributed by atoms with Crippen molar-refractivity contribution < 1.29 is 9.59 Å². The first-order valence-electron chi connectivity index (χ1n) is 8.83. The van der Waals surface area contributed by atoms with Crippen LogP contribution in [0.5, 0.6) is 0 Å². The fourth-order valence-electron chi connectivity index (χ4n) is 3.49. The van der Waals surface area contributed by atoms with Gasteiger partial charge >= 0.3 is 0 Å². The highest BCUT2D eigenvalue weighted by Crippen LogP contribution is 2.21. The second kappa shape index (κ2) is 8.08. The van der Waals surface area contributed by atoms with Crippen LogP contribution in [0.2, 0.25) is 0 Å². The molecule has 1 atom stereocenters. The maximum Gasteiger partial charge on any atom is 0.254 e. The molecule has 1 N–H and O–H groups in total. The highest BCUT2D eigenvalue weighted by Gasteiger charge is 2.26. The van der Waals surface area contributed by atoms with Gasteiger partial charge in [-0.1, -0.05) is 48.5 Å². The molecule has 1 aliphatic rings. The summed E-state index contributed by atoms with van der Waals surface area (Å²) in [6, 6.07) is 16.3. The first-order valence-corrected chi connectivity index (χ1v) is 8.83. The average molecular weight is 336 g/mol. The monoisotopic (exact) mass is 336 g/mol. The van der Waals surface area contributed by atoms with Gasteiger partial charge in [-0.05, 0) is 38.4 Å². The molecule has 1 heterocycles. The molecule has 0 saturated carbocycles. The van der Waals surface area contributed by atoms with Gasteiger partial charge in [-0.25, -0.2) is 0 Å². The average Bonchev–Trinajstić information content (AvgIpc) is 2.68. The summed E-state index contributed by atoms with van der Waals surface area (Å²) >= 11 is 0. The van der Waals surface area contributed by atoms with Crippen molar-refractivity contribution in [2.45, 2.75) is 12.8 Å². The second-order valence-electron chi connectivity index (χ2n) is 6.56. The molecule has 1 saturated heterocycles. The number of hydrogen-bond donors (Lipinski definition) is 1. The summed E-state index contributed by atoms with van der Waals surface area (Å²) in [5.74, 6) is 0.328. The summed E-state index contributed by atoms with van der Waals surface area (Å²) in [6.07, 6.45) is 2.14. The SMILES string of the molecule is CNCC1CCCN(C(=O)c2ccccc2C(=O)c2ccccc2)C1. The van der Waals surface area contributed by atoms with E-state index in [-0.39, 0.29) is 11.7 Å². The van der Waals surface area contributed by atoms with Crippen LogP contribution in [0, 0.1) is 5.92 Å². The summed E-state index contributed by atoms with van der Waals surface area (Å²) in [7, 11) is 1.94. The van der Waals surface area contributed by atoms with Crippen molar-refractivity contribution in [3.05, 3.63) is 71.3 Å². The molecule has 3 rings (SSSR count). The minimum Gasteiger partial charge on any atom is -0.338 e. The van der Waals surface area contributed by atoms with Gasteiger partial charge in [0.05, 0.1) is 5.56 Å². The van der Waals surface area contributed by atoms with E-state index in [1.807, 2.05) is 42.3 Å². The number of carbonyl (C=O) groups excluding carboxylic acids is 2. The van der Waals surface area contributed by atoms with Crippen LogP contribution in [0.4, 0.5) is 0 Å². The Morgan fingerprint density at radius 3 is 2.44 bits per heavy atom. The molecule has 2 aromatic rings. The lowest BCUT2D eigenvalue weighted by atomic mass is 9.94. The van der Waals surface area contributed by atoms with Crippen LogP contribution in [0.1, 0.15) is 39.1 Å². The third kappa shape index (κ3) is 3.97. The molecular formula is C21H24N2O2. The molecule has 0 bridgehead atoms. The Labute approximate surface area is 148 Å². The molecule has 4 nitrogen and oxygen atoms in total. The van der Waals surface area contributed by atoms with Gasteiger partial charge in [0.15, 0.2) is 5.78 Å². The van der Waals surface area contributed by atoms with E-state index in [2.05, 4.69) is 5.32 Å². The van der Waals surface area contributed by atoms with Crippen molar-refractivity contribution in [1.82, 2.24) is 10.2 Å². The van der Waals surface area contributed by atoms with Crippen LogP contribution in [0.3, 0.4) is 0 Å². The zero-order chi connectivity index (χ0) is 17.6. The van der Waals surface area contributed by atoms with E-state index in [1.54, 1.807) is 24.3 Å². The molecule has 0 spiro atoms. The Kier molecular flexibility index (Phi) is 5.61. The van der Waals surface area contributed by atoms with Crippen molar-refractivity contribution in [1.29, 1.82) is 0 Å². The van der Waals surface area contributed by atoms with Gasteiger partial charge in [0, 0.05) is 24.2 Å². The van der Waals surface area contributed by atoms with E-state index >= 15 is 0 Å². The highest BCUT2D eigenvalue weighted by atomic mass is 16.2. The number of hydrogen-bond acceptors (Lipinski definition) is 3. The molecule has 0 aromatic heterocycles. The molecule has 130 valence electrons. The maximum atomic E-state index is 13.1. The van der Waals surface area contributed by atoms with E-state index in [1.165, 1.54) is 0 Å². The van der Waals surface area contributed by atoms with Crippen molar-refractivity contribution in [2.24, 2.45) is 5.92 Å². The largest absolute Gasteiger partial charge is 0.338 e. The summed E-state index contributed by atoms with van der Waals surface area (Å²) in [6.45, 7) is 2.41.